The molecule has 2 heterocycles. The average Bonchev–Trinajstić information content (AvgIpc) is 3.49. The fraction of sp³-hybridized carbons (Fsp3) is 0.308. The maximum absolute atomic E-state index is 12.9. The van der Waals surface area contributed by atoms with Crippen molar-refractivity contribution in [1.29, 1.82) is 0 Å². The van der Waals surface area contributed by atoms with E-state index < -0.39 is 23.6 Å². The smallest absolute Gasteiger partial charge is 0.294 e. The summed E-state index contributed by atoms with van der Waals surface area (Å²) in [4.78, 5) is 52.9. The zero-order valence-corrected chi connectivity index (χ0v) is 21.8. The number of thioether (sulfide) groups is 1. The van der Waals surface area contributed by atoms with Gasteiger partial charge < -0.3 is 19.7 Å². The highest BCUT2D eigenvalue weighted by Gasteiger charge is 2.36. The molecule has 2 aliphatic heterocycles. The quantitative estimate of drug-likeness (QED) is 0.467. The molecule has 0 saturated carbocycles. The van der Waals surface area contributed by atoms with Crippen LogP contribution in [0.25, 0.3) is 6.08 Å². The normalized spacial score (nSPS) is 16.4. The van der Waals surface area contributed by atoms with Crippen molar-refractivity contribution in [3.05, 3.63) is 58.0 Å². The first kappa shape index (κ1) is 26.6. The Kier molecular flexibility index (Phi) is 8.73. The molecule has 11 heteroatoms. The Morgan fingerprint density at radius 1 is 1.08 bits per heavy atom. The standard InChI is InChI=1S/C26H26ClN3O6S/c1-2-35-21-12-17(8-9-20(21)36-16-24(32)29-10-3-4-11-29)13-22-25(33)30(26(34)37-22)15-23(31)28-19-7-5-6-18(27)14-19/h5-9,12-14H,2-4,10-11,15-16H2,1H3,(H,28,31)/b22-13-. The molecule has 0 atom stereocenters. The first-order valence-electron chi connectivity index (χ1n) is 11.8. The van der Waals surface area contributed by atoms with Crippen LogP contribution in [-0.2, 0) is 14.4 Å². The number of ether oxygens (including phenoxy) is 2. The van der Waals surface area contributed by atoms with E-state index in [2.05, 4.69) is 5.32 Å². The van der Waals surface area contributed by atoms with E-state index >= 15 is 0 Å². The largest absolute Gasteiger partial charge is 0.490 e. The second-order valence-electron chi connectivity index (χ2n) is 8.34. The number of likely N-dealkylation sites (tertiary alicyclic amines) is 1. The predicted molar refractivity (Wildman–Crippen MR) is 142 cm³/mol. The maximum atomic E-state index is 12.9. The number of amides is 4. The van der Waals surface area contributed by atoms with Gasteiger partial charge in [-0.05, 0) is 73.5 Å². The molecular weight excluding hydrogens is 518 g/mol. The third kappa shape index (κ3) is 6.84. The molecule has 2 aliphatic rings. The van der Waals surface area contributed by atoms with E-state index in [1.54, 1.807) is 53.4 Å². The Morgan fingerprint density at radius 3 is 2.59 bits per heavy atom. The van der Waals surface area contributed by atoms with Crippen LogP contribution in [0, 0.1) is 0 Å². The Morgan fingerprint density at radius 2 is 1.86 bits per heavy atom. The van der Waals surface area contributed by atoms with Gasteiger partial charge in [0.25, 0.3) is 17.1 Å². The molecule has 2 aromatic carbocycles. The van der Waals surface area contributed by atoms with Gasteiger partial charge in [-0.25, -0.2) is 0 Å². The lowest BCUT2D eigenvalue weighted by molar-refractivity contribution is -0.132. The molecule has 0 aromatic heterocycles. The van der Waals surface area contributed by atoms with Crippen LogP contribution in [0.4, 0.5) is 10.5 Å². The summed E-state index contributed by atoms with van der Waals surface area (Å²) in [6, 6.07) is 11.6. The summed E-state index contributed by atoms with van der Waals surface area (Å²) >= 11 is 6.68. The molecule has 4 amide bonds. The van der Waals surface area contributed by atoms with Gasteiger partial charge in [0, 0.05) is 23.8 Å². The molecule has 37 heavy (non-hydrogen) atoms. The summed E-state index contributed by atoms with van der Waals surface area (Å²) in [5, 5.41) is 2.54. The van der Waals surface area contributed by atoms with Gasteiger partial charge in [0.1, 0.15) is 6.54 Å². The number of halogens is 1. The predicted octanol–water partition coefficient (Wildman–Crippen LogP) is 4.41. The van der Waals surface area contributed by atoms with Crippen molar-refractivity contribution in [2.75, 3.05) is 38.2 Å². The van der Waals surface area contributed by atoms with Gasteiger partial charge in [-0.3, -0.25) is 24.1 Å². The third-order valence-corrected chi connectivity index (χ3v) is 6.80. The number of anilines is 1. The van der Waals surface area contributed by atoms with E-state index in [1.807, 2.05) is 6.92 Å². The fourth-order valence-corrected chi connectivity index (χ4v) is 4.93. The lowest BCUT2D eigenvalue weighted by Gasteiger charge is -2.17. The Balaban J connectivity index is 1.42. The molecule has 0 radical (unpaired) electrons. The van der Waals surface area contributed by atoms with Crippen LogP contribution in [0.2, 0.25) is 5.02 Å². The molecule has 0 aliphatic carbocycles. The molecule has 2 saturated heterocycles. The number of imide groups is 1. The van der Waals surface area contributed by atoms with Gasteiger partial charge in [0.2, 0.25) is 5.91 Å². The summed E-state index contributed by atoms with van der Waals surface area (Å²) in [5.41, 5.74) is 1.07. The lowest BCUT2D eigenvalue weighted by Crippen LogP contribution is -2.36. The van der Waals surface area contributed by atoms with E-state index in [-0.39, 0.29) is 17.4 Å². The van der Waals surface area contributed by atoms with Crippen molar-refractivity contribution < 1.29 is 28.7 Å². The van der Waals surface area contributed by atoms with E-state index in [9.17, 15) is 19.2 Å². The van der Waals surface area contributed by atoms with E-state index in [0.29, 0.717) is 34.4 Å². The Hall–Kier alpha value is -3.50. The first-order chi connectivity index (χ1) is 17.8. The molecule has 0 spiro atoms. The van der Waals surface area contributed by atoms with Crippen molar-refractivity contribution in [3.8, 4) is 11.5 Å². The minimum absolute atomic E-state index is 0.0721. The number of carbonyl (C=O) groups is 4. The van der Waals surface area contributed by atoms with Crippen molar-refractivity contribution in [3.63, 3.8) is 0 Å². The molecule has 194 valence electrons. The maximum Gasteiger partial charge on any atom is 0.294 e. The zero-order valence-electron chi connectivity index (χ0n) is 20.2. The molecule has 2 aromatic rings. The van der Waals surface area contributed by atoms with Crippen LogP contribution in [0.15, 0.2) is 47.4 Å². The van der Waals surface area contributed by atoms with Crippen LogP contribution < -0.4 is 14.8 Å². The number of hydrogen-bond donors (Lipinski definition) is 1. The van der Waals surface area contributed by atoms with Crippen LogP contribution in [0.3, 0.4) is 0 Å². The molecule has 9 nitrogen and oxygen atoms in total. The summed E-state index contributed by atoms with van der Waals surface area (Å²) < 4.78 is 11.4. The van der Waals surface area contributed by atoms with Gasteiger partial charge in [-0.1, -0.05) is 23.7 Å². The van der Waals surface area contributed by atoms with Gasteiger partial charge in [-0.15, -0.1) is 0 Å². The number of nitrogens with one attached hydrogen (secondary N) is 1. The van der Waals surface area contributed by atoms with Crippen molar-refractivity contribution in [1.82, 2.24) is 9.80 Å². The number of carbonyl (C=O) groups excluding carboxylic acids is 4. The van der Waals surface area contributed by atoms with Crippen LogP contribution in [-0.4, -0.2) is 65.6 Å². The molecular formula is C26H26ClN3O6S. The summed E-state index contributed by atoms with van der Waals surface area (Å²) in [6.07, 6.45) is 3.56. The monoisotopic (exact) mass is 543 g/mol. The van der Waals surface area contributed by atoms with Gasteiger partial charge in [0.05, 0.1) is 11.5 Å². The Labute approximate surface area is 223 Å². The van der Waals surface area contributed by atoms with Crippen LogP contribution in [0.5, 0.6) is 11.5 Å². The third-order valence-electron chi connectivity index (χ3n) is 5.66. The van der Waals surface area contributed by atoms with Crippen molar-refractivity contribution >= 4 is 58.1 Å². The molecule has 2 fully saturated rings. The molecule has 0 bridgehead atoms. The molecule has 0 unspecified atom stereocenters. The van der Waals surface area contributed by atoms with Crippen molar-refractivity contribution in [2.24, 2.45) is 0 Å². The van der Waals surface area contributed by atoms with E-state index in [1.165, 1.54) is 0 Å². The minimum Gasteiger partial charge on any atom is -0.490 e. The average molecular weight is 544 g/mol. The van der Waals surface area contributed by atoms with E-state index in [0.717, 1.165) is 42.6 Å². The molecule has 4 rings (SSSR count). The first-order valence-corrected chi connectivity index (χ1v) is 13.0. The number of rotatable bonds is 9. The van der Waals surface area contributed by atoms with E-state index in [4.69, 9.17) is 21.1 Å². The lowest BCUT2D eigenvalue weighted by atomic mass is 10.2. The number of benzene rings is 2. The summed E-state index contributed by atoms with van der Waals surface area (Å²) in [5.74, 6) is -0.319. The highest BCUT2D eigenvalue weighted by Crippen LogP contribution is 2.34. The molecule has 1 N–H and O–H groups in total. The van der Waals surface area contributed by atoms with Crippen LogP contribution in [0.1, 0.15) is 25.3 Å². The topological polar surface area (TPSA) is 105 Å². The number of hydrogen-bond acceptors (Lipinski definition) is 7. The zero-order chi connectivity index (χ0) is 26.4. The highest BCUT2D eigenvalue weighted by molar-refractivity contribution is 8.18. The minimum atomic E-state index is -0.564. The second-order valence-corrected chi connectivity index (χ2v) is 9.77. The summed E-state index contributed by atoms with van der Waals surface area (Å²) in [6.45, 7) is 3.18. The number of nitrogens with zero attached hydrogens (tertiary/aromatic N) is 2. The van der Waals surface area contributed by atoms with Gasteiger partial charge >= 0.3 is 0 Å². The fourth-order valence-electron chi connectivity index (χ4n) is 3.90. The van der Waals surface area contributed by atoms with Crippen LogP contribution >= 0.6 is 23.4 Å². The highest BCUT2D eigenvalue weighted by atomic mass is 35.5. The second kappa shape index (κ2) is 12.2. The van der Waals surface area contributed by atoms with Gasteiger partial charge in [-0.2, -0.15) is 0 Å². The van der Waals surface area contributed by atoms with Crippen molar-refractivity contribution in [2.45, 2.75) is 19.8 Å². The summed E-state index contributed by atoms with van der Waals surface area (Å²) in [7, 11) is 0. The SMILES string of the molecule is CCOc1cc(/C=C2\SC(=O)N(CC(=O)Nc3cccc(Cl)c3)C2=O)ccc1OCC(=O)N1CCCC1. The van der Waals surface area contributed by atoms with Gasteiger partial charge in [0.15, 0.2) is 18.1 Å². The Bertz CT molecular complexity index is 1240.